The molecule has 0 bridgehead atoms. The number of methoxy groups -OCH3 is 1. The fourth-order valence-corrected chi connectivity index (χ4v) is 3.60. The Morgan fingerprint density at radius 1 is 1.09 bits per heavy atom. The molecule has 2 aromatic carbocycles. The van der Waals surface area contributed by atoms with Gasteiger partial charge in [-0.05, 0) is 38.0 Å². The third kappa shape index (κ3) is 8.93. The van der Waals surface area contributed by atoms with Crippen LogP contribution in [0.5, 0.6) is 11.5 Å². The number of phenols is 1. The van der Waals surface area contributed by atoms with Crippen molar-refractivity contribution in [3.8, 4) is 11.5 Å². The molecule has 0 fully saturated rings. The van der Waals surface area contributed by atoms with E-state index in [0.717, 1.165) is 0 Å². The van der Waals surface area contributed by atoms with Crippen LogP contribution in [0, 0.1) is 0 Å². The molecule has 0 aliphatic rings. The van der Waals surface area contributed by atoms with Crippen LogP contribution in [0.2, 0.25) is 0 Å². The van der Waals surface area contributed by atoms with Crippen LogP contribution in [0.3, 0.4) is 0 Å². The van der Waals surface area contributed by atoms with E-state index in [9.17, 15) is 27.5 Å². The number of hydrogen-bond donors (Lipinski definition) is 4. The summed E-state index contributed by atoms with van der Waals surface area (Å²) in [5.41, 5.74) is -1.39. The topological polar surface area (TPSA) is 82.6 Å². The van der Waals surface area contributed by atoms with Crippen LogP contribution in [-0.4, -0.2) is 48.6 Å². The highest BCUT2D eigenvalue weighted by Crippen LogP contribution is 2.34. The van der Waals surface area contributed by atoms with Gasteiger partial charge in [0, 0.05) is 25.1 Å². The first-order valence-corrected chi connectivity index (χ1v) is 11.3. The third-order valence-corrected chi connectivity index (χ3v) is 5.40. The molecule has 6 nitrogen and oxygen atoms in total. The Kier molecular flexibility index (Phi) is 9.76. The second-order valence-electron chi connectivity index (χ2n) is 8.91. The molecule has 0 saturated heterocycles. The predicted molar refractivity (Wildman–Crippen MR) is 127 cm³/mol. The first-order valence-electron chi connectivity index (χ1n) is 11.3. The number of alkyl halides is 4. The summed E-state index contributed by atoms with van der Waals surface area (Å²) in [5.74, 6) is -0.318. The molecule has 1 amide bonds. The summed E-state index contributed by atoms with van der Waals surface area (Å²) in [5, 5.41) is 17.8. The van der Waals surface area contributed by atoms with E-state index >= 15 is 0 Å². The normalized spacial score (nSPS) is 14.6. The maximum atomic E-state index is 14.5. The van der Waals surface area contributed by atoms with Crippen LogP contribution < -0.4 is 20.7 Å². The van der Waals surface area contributed by atoms with Gasteiger partial charge in [0.1, 0.15) is 23.2 Å². The van der Waals surface area contributed by atoms with Gasteiger partial charge in [0.15, 0.2) is 0 Å². The lowest BCUT2D eigenvalue weighted by atomic mass is 9.97. The van der Waals surface area contributed by atoms with Gasteiger partial charge >= 0.3 is 6.18 Å². The molecule has 2 aromatic rings. The Morgan fingerprint density at radius 3 is 2.29 bits per heavy atom. The molecule has 0 saturated carbocycles. The molecule has 10 heteroatoms. The van der Waals surface area contributed by atoms with Gasteiger partial charge in [-0.2, -0.15) is 13.2 Å². The van der Waals surface area contributed by atoms with Crippen molar-refractivity contribution in [2.45, 2.75) is 63.6 Å². The van der Waals surface area contributed by atoms with Gasteiger partial charge in [0.05, 0.1) is 18.8 Å². The van der Waals surface area contributed by atoms with Crippen LogP contribution in [0.1, 0.15) is 45.2 Å². The van der Waals surface area contributed by atoms with Gasteiger partial charge < -0.3 is 20.5 Å². The van der Waals surface area contributed by atoms with Crippen molar-refractivity contribution in [2.24, 2.45) is 0 Å². The molecule has 2 rings (SSSR count). The van der Waals surface area contributed by atoms with Crippen molar-refractivity contribution < 1.29 is 32.2 Å². The van der Waals surface area contributed by atoms with Crippen molar-refractivity contribution in [3.63, 3.8) is 0 Å². The van der Waals surface area contributed by atoms with E-state index in [4.69, 9.17) is 4.74 Å². The largest absolute Gasteiger partial charge is 0.508 e. The predicted octanol–water partition coefficient (Wildman–Crippen LogP) is 5.11. The molecule has 4 N–H and O–H groups in total. The summed E-state index contributed by atoms with van der Waals surface area (Å²) >= 11 is 0. The van der Waals surface area contributed by atoms with Crippen molar-refractivity contribution >= 4 is 11.6 Å². The number of amides is 1. The number of hydrogen-bond acceptors (Lipinski definition) is 5. The second kappa shape index (κ2) is 12.1. The summed E-state index contributed by atoms with van der Waals surface area (Å²) in [6.45, 7) is 4.48. The number of phenolic OH excluding ortho intramolecular Hbond substituents is 1. The number of benzene rings is 2. The molecular formula is C25H33F4N3O3. The first-order chi connectivity index (χ1) is 16.3. The fourth-order valence-electron chi connectivity index (χ4n) is 3.60. The Morgan fingerprint density at radius 2 is 1.74 bits per heavy atom. The average molecular weight is 500 g/mol. The Hall–Kier alpha value is -3.01. The summed E-state index contributed by atoms with van der Waals surface area (Å²) in [6, 6.07) is 7.62. The van der Waals surface area contributed by atoms with Crippen LogP contribution >= 0.6 is 0 Å². The van der Waals surface area contributed by atoms with Crippen LogP contribution in [0.25, 0.3) is 0 Å². The van der Waals surface area contributed by atoms with E-state index in [-0.39, 0.29) is 17.9 Å². The molecule has 3 atom stereocenters. The lowest BCUT2D eigenvalue weighted by Gasteiger charge is -2.31. The third-order valence-electron chi connectivity index (χ3n) is 5.40. The van der Waals surface area contributed by atoms with E-state index in [1.165, 1.54) is 57.4 Å². The Balaban J connectivity index is 2.18. The molecule has 0 spiro atoms. The number of halogens is 4. The number of ether oxygens (including phenoxy) is 1. The standard InChI is InChI=1S/C25H33F4N3O3/c1-5-17(15-30-19-12-11-18(33)13-21(19)35-4)31-23(34)20(14-24(2,3)26)32-22(25(27,28)29)16-9-7-6-8-10-16/h6-13,17,20,22,30,32-33H,5,14-15H2,1-4H3,(H,31,34)/t17-,20-,22-/m0/s1. The van der Waals surface area contributed by atoms with Gasteiger partial charge in [0.2, 0.25) is 5.91 Å². The SMILES string of the molecule is CC[C@@H](CNc1ccc(O)cc1OC)NC(=O)[C@H](CC(C)(C)F)N[C@@H](c1ccccc1)C(F)(F)F. The number of carbonyl (C=O) groups is 1. The minimum atomic E-state index is -4.69. The molecule has 0 unspecified atom stereocenters. The van der Waals surface area contributed by atoms with Crippen LogP contribution in [-0.2, 0) is 4.79 Å². The molecule has 0 aromatic heterocycles. The number of rotatable bonds is 12. The minimum absolute atomic E-state index is 0.0214. The summed E-state index contributed by atoms with van der Waals surface area (Å²) in [7, 11) is 1.44. The fraction of sp³-hybridized carbons (Fsp3) is 0.480. The van der Waals surface area contributed by atoms with Crippen molar-refractivity contribution in [1.29, 1.82) is 0 Å². The summed E-state index contributed by atoms with van der Waals surface area (Å²) < 4.78 is 61.3. The maximum absolute atomic E-state index is 14.5. The smallest absolute Gasteiger partial charge is 0.407 e. The molecule has 0 aliphatic carbocycles. The zero-order valence-electron chi connectivity index (χ0n) is 20.2. The average Bonchev–Trinajstić information content (AvgIpc) is 2.78. The van der Waals surface area contributed by atoms with E-state index in [1.807, 2.05) is 6.92 Å². The number of aromatic hydroxyl groups is 1. The first kappa shape index (κ1) is 28.2. The molecular weight excluding hydrogens is 466 g/mol. The summed E-state index contributed by atoms with van der Waals surface area (Å²) in [4.78, 5) is 13.1. The van der Waals surface area contributed by atoms with Gasteiger partial charge in [-0.25, -0.2) is 4.39 Å². The highest BCUT2D eigenvalue weighted by atomic mass is 19.4. The zero-order valence-corrected chi connectivity index (χ0v) is 20.2. The number of nitrogens with one attached hydrogen (secondary N) is 3. The van der Waals surface area contributed by atoms with Gasteiger partial charge in [-0.1, -0.05) is 37.3 Å². The van der Waals surface area contributed by atoms with E-state index in [1.54, 1.807) is 12.1 Å². The van der Waals surface area contributed by atoms with Crippen molar-refractivity contribution in [3.05, 3.63) is 54.1 Å². The number of carbonyl (C=O) groups excluding carboxylic acids is 1. The molecule has 35 heavy (non-hydrogen) atoms. The minimum Gasteiger partial charge on any atom is -0.508 e. The lowest BCUT2D eigenvalue weighted by molar-refractivity contribution is -0.161. The molecule has 194 valence electrons. The van der Waals surface area contributed by atoms with E-state index in [2.05, 4.69) is 16.0 Å². The van der Waals surface area contributed by atoms with Crippen molar-refractivity contribution in [2.75, 3.05) is 19.0 Å². The molecule has 0 aliphatic heterocycles. The lowest BCUT2D eigenvalue weighted by Crippen LogP contribution is -2.53. The maximum Gasteiger partial charge on any atom is 0.407 e. The second-order valence-corrected chi connectivity index (χ2v) is 8.91. The quantitative estimate of drug-likeness (QED) is 0.241. The Bertz CT molecular complexity index is 949. The highest BCUT2D eigenvalue weighted by Gasteiger charge is 2.43. The van der Waals surface area contributed by atoms with E-state index < -0.39 is 42.3 Å². The van der Waals surface area contributed by atoms with Gasteiger partial charge in [-0.3, -0.25) is 10.1 Å². The number of anilines is 1. The highest BCUT2D eigenvalue weighted by molar-refractivity contribution is 5.82. The molecule has 0 heterocycles. The van der Waals surface area contributed by atoms with Gasteiger partial charge in [0.25, 0.3) is 0 Å². The molecule has 0 radical (unpaired) electrons. The summed E-state index contributed by atoms with van der Waals surface area (Å²) in [6.07, 6.45) is -4.68. The van der Waals surface area contributed by atoms with Crippen molar-refractivity contribution in [1.82, 2.24) is 10.6 Å². The van der Waals surface area contributed by atoms with Crippen LogP contribution in [0.15, 0.2) is 48.5 Å². The van der Waals surface area contributed by atoms with Gasteiger partial charge in [-0.15, -0.1) is 0 Å². The monoisotopic (exact) mass is 499 g/mol. The van der Waals surface area contributed by atoms with E-state index in [0.29, 0.717) is 17.9 Å². The Labute approximate surface area is 203 Å². The van der Waals surface area contributed by atoms with Crippen LogP contribution in [0.4, 0.5) is 23.2 Å². The zero-order chi connectivity index (χ0) is 26.2.